The molecular weight excluding hydrogens is 178 g/mol. The number of halogens is 1. The molecule has 12 heavy (non-hydrogen) atoms. The van der Waals surface area contributed by atoms with Crippen LogP contribution in [0.25, 0.3) is 0 Å². The zero-order chi connectivity index (χ0) is 9.14. The quantitative estimate of drug-likeness (QED) is 0.674. The van der Waals surface area contributed by atoms with Gasteiger partial charge in [-0.1, -0.05) is 0 Å². The summed E-state index contributed by atoms with van der Waals surface area (Å²) >= 11 is 5.59. The Hall–Kier alpha value is -0.280. The van der Waals surface area contributed by atoms with Crippen LogP contribution < -0.4 is 5.32 Å². The molecule has 1 saturated carbocycles. The van der Waals surface area contributed by atoms with Gasteiger partial charge in [0, 0.05) is 7.11 Å². The number of hydrogen-bond acceptors (Lipinski definition) is 2. The van der Waals surface area contributed by atoms with E-state index in [0.29, 0.717) is 0 Å². The van der Waals surface area contributed by atoms with E-state index in [2.05, 4.69) is 5.32 Å². The molecule has 1 N–H and O–H groups in total. The van der Waals surface area contributed by atoms with Gasteiger partial charge < -0.3 is 10.1 Å². The maximum absolute atomic E-state index is 11.1. The van der Waals surface area contributed by atoms with Crippen LogP contribution in [0.4, 0.5) is 0 Å². The van der Waals surface area contributed by atoms with Crippen LogP contribution in [0.3, 0.4) is 0 Å². The van der Waals surface area contributed by atoms with E-state index in [0.717, 1.165) is 12.8 Å². The van der Waals surface area contributed by atoms with E-state index in [9.17, 15) is 4.79 Å². The lowest BCUT2D eigenvalue weighted by Crippen LogP contribution is -2.52. The fourth-order valence-corrected chi connectivity index (χ4v) is 1.28. The van der Waals surface area contributed by atoms with E-state index in [1.165, 1.54) is 0 Å². The number of carbonyl (C=O) groups excluding carboxylic acids is 1. The van der Waals surface area contributed by atoms with Gasteiger partial charge in [-0.25, -0.2) is 0 Å². The van der Waals surface area contributed by atoms with Crippen molar-refractivity contribution in [1.29, 1.82) is 0 Å². The Morgan fingerprint density at radius 2 is 2.33 bits per heavy atom. The standard InChI is InChI=1S/C8H14ClNO2/c1-5(9)8(11)10-6-3-4-7(6)12-2/h5-7H,3-4H2,1-2H3,(H,10,11). The second-order valence-electron chi connectivity index (χ2n) is 3.08. The van der Waals surface area contributed by atoms with E-state index in [1.54, 1.807) is 14.0 Å². The minimum atomic E-state index is -0.455. The van der Waals surface area contributed by atoms with Gasteiger partial charge in [-0.15, -0.1) is 11.6 Å². The fraction of sp³-hybridized carbons (Fsp3) is 0.875. The molecule has 1 aliphatic rings. The first-order chi connectivity index (χ1) is 5.65. The van der Waals surface area contributed by atoms with Crippen LogP contribution in [0.5, 0.6) is 0 Å². The molecule has 3 atom stereocenters. The van der Waals surface area contributed by atoms with Crippen molar-refractivity contribution in [3.8, 4) is 0 Å². The molecule has 0 heterocycles. The van der Waals surface area contributed by atoms with E-state index in [-0.39, 0.29) is 18.1 Å². The molecule has 1 amide bonds. The minimum Gasteiger partial charge on any atom is -0.379 e. The van der Waals surface area contributed by atoms with Gasteiger partial charge in [-0.2, -0.15) is 0 Å². The highest BCUT2D eigenvalue weighted by Crippen LogP contribution is 2.22. The first-order valence-corrected chi connectivity index (χ1v) is 4.56. The molecular formula is C8H14ClNO2. The lowest BCUT2D eigenvalue weighted by atomic mass is 9.89. The molecule has 1 aliphatic carbocycles. The van der Waals surface area contributed by atoms with Gasteiger partial charge in [0.15, 0.2) is 0 Å². The summed E-state index contributed by atoms with van der Waals surface area (Å²) in [5.74, 6) is -0.108. The molecule has 0 spiro atoms. The highest BCUT2D eigenvalue weighted by atomic mass is 35.5. The average Bonchev–Trinajstić information content (AvgIpc) is 1.98. The van der Waals surface area contributed by atoms with Crippen LogP contribution in [0.15, 0.2) is 0 Å². The summed E-state index contributed by atoms with van der Waals surface area (Å²) in [5.41, 5.74) is 0. The van der Waals surface area contributed by atoms with E-state index < -0.39 is 5.38 Å². The number of ether oxygens (including phenoxy) is 1. The van der Waals surface area contributed by atoms with Crippen LogP contribution in [-0.4, -0.2) is 30.5 Å². The van der Waals surface area contributed by atoms with Crippen molar-refractivity contribution in [3.63, 3.8) is 0 Å². The minimum absolute atomic E-state index is 0.108. The normalized spacial score (nSPS) is 30.6. The fourth-order valence-electron chi connectivity index (χ4n) is 1.21. The molecule has 0 aromatic heterocycles. The van der Waals surface area contributed by atoms with Crippen LogP contribution in [-0.2, 0) is 9.53 Å². The summed E-state index contributed by atoms with van der Waals surface area (Å²) in [6.07, 6.45) is 2.20. The van der Waals surface area contributed by atoms with Crippen LogP contribution in [0.2, 0.25) is 0 Å². The summed E-state index contributed by atoms with van der Waals surface area (Å²) in [5, 5.41) is 2.37. The van der Waals surface area contributed by atoms with Crippen LogP contribution in [0.1, 0.15) is 19.8 Å². The zero-order valence-corrected chi connectivity index (χ0v) is 8.10. The zero-order valence-electron chi connectivity index (χ0n) is 7.34. The Kier molecular flexibility index (Phi) is 3.35. The van der Waals surface area contributed by atoms with Gasteiger partial charge in [0.05, 0.1) is 12.1 Å². The van der Waals surface area contributed by atoms with Gasteiger partial charge in [0.1, 0.15) is 5.38 Å². The van der Waals surface area contributed by atoms with Crippen molar-refractivity contribution in [1.82, 2.24) is 5.32 Å². The number of alkyl halides is 1. The second kappa shape index (κ2) is 4.10. The molecule has 1 fully saturated rings. The Balaban J connectivity index is 2.27. The number of nitrogens with one attached hydrogen (secondary N) is 1. The molecule has 0 radical (unpaired) electrons. The molecule has 0 bridgehead atoms. The maximum Gasteiger partial charge on any atom is 0.238 e. The third kappa shape index (κ3) is 2.11. The third-order valence-electron chi connectivity index (χ3n) is 2.20. The SMILES string of the molecule is COC1CCC1NC(=O)C(C)Cl. The topological polar surface area (TPSA) is 38.3 Å². The van der Waals surface area contributed by atoms with Crippen molar-refractivity contribution in [2.24, 2.45) is 0 Å². The first-order valence-electron chi connectivity index (χ1n) is 4.12. The predicted octanol–water partition coefficient (Wildman–Crippen LogP) is 0.907. The number of hydrogen-bond donors (Lipinski definition) is 1. The second-order valence-corrected chi connectivity index (χ2v) is 3.74. The van der Waals surface area contributed by atoms with Crippen molar-refractivity contribution in [2.75, 3.05) is 7.11 Å². The van der Waals surface area contributed by atoms with E-state index in [1.807, 2.05) is 0 Å². The Morgan fingerprint density at radius 1 is 1.67 bits per heavy atom. The Morgan fingerprint density at radius 3 is 2.67 bits per heavy atom. The smallest absolute Gasteiger partial charge is 0.238 e. The molecule has 0 aromatic carbocycles. The summed E-state index contributed by atoms with van der Waals surface area (Å²) in [4.78, 5) is 11.1. The molecule has 70 valence electrons. The maximum atomic E-state index is 11.1. The average molecular weight is 192 g/mol. The summed E-state index contributed by atoms with van der Waals surface area (Å²) in [6.45, 7) is 1.66. The molecule has 1 rings (SSSR count). The van der Waals surface area contributed by atoms with Crippen molar-refractivity contribution >= 4 is 17.5 Å². The number of methoxy groups -OCH3 is 1. The van der Waals surface area contributed by atoms with E-state index >= 15 is 0 Å². The van der Waals surface area contributed by atoms with Gasteiger partial charge in [0.25, 0.3) is 0 Å². The molecule has 3 unspecified atom stereocenters. The molecule has 4 heteroatoms. The summed E-state index contributed by atoms with van der Waals surface area (Å²) in [6, 6.07) is 0.170. The van der Waals surface area contributed by atoms with Gasteiger partial charge in [0.2, 0.25) is 5.91 Å². The lowest BCUT2D eigenvalue weighted by Gasteiger charge is -2.36. The number of amides is 1. The van der Waals surface area contributed by atoms with Gasteiger partial charge in [-0.05, 0) is 19.8 Å². The molecule has 3 nitrogen and oxygen atoms in total. The van der Waals surface area contributed by atoms with Crippen molar-refractivity contribution < 1.29 is 9.53 Å². The summed E-state index contributed by atoms with van der Waals surface area (Å²) < 4.78 is 5.12. The molecule has 0 aliphatic heterocycles. The molecule has 0 saturated heterocycles. The van der Waals surface area contributed by atoms with Crippen molar-refractivity contribution in [3.05, 3.63) is 0 Å². The first kappa shape index (κ1) is 9.81. The highest BCUT2D eigenvalue weighted by Gasteiger charge is 2.32. The third-order valence-corrected chi connectivity index (χ3v) is 2.40. The number of rotatable bonds is 3. The highest BCUT2D eigenvalue weighted by molar-refractivity contribution is 6.30. The van der Waals surface area contributed by atoms with Gasteiger partial charge in [-0.3, -0.25) is 4.79 Å². The van der Waals surface area contributed by atoms with Gasteiger partial charge >= 0.3 is 0 Å². The monoisotopic (exact) mass is 191 g/mol. The van der Waals surface area contributed by atoms with Crippen LogP contribution >= 0.6 is 11.6 Å². The van der Waals surface area contributed by atoms with Crippen molar-refractivity contribution in [2.45, 2.75) is 37.3 Å². The number of carbonyl (C=O) groups is 1. The summed E-state index contributed by atoms with van der Waals surface area (Å²) in [7, 11) is 1.66. The largest absolute Gasteiger partial charge is 0.379 e. The lowest BCUT2D eigenvalue weighted by molar-refractivity contribution is -0.123. The Bertz CT molecular complexity index is 170. The van der Waals surface area contributed by atoms with Crippen LogP contribution in [0, 0.1) is 0 Å². The van der Waals surface area contributed by atoms with E-state index in [4.69, 9.17) is 16.3 Å². The Labute approximate surface area is 77.4 Å². The predicted molar refractivity (Wildman–Crippen MR) is 47.3 cm³/mol. The molecule has 0 aromatic rings.